The average Bonchev–Trinajstić information content (AvgIpc) is 3.47. The topological polar surface area (TPSA) is 113 Å². The van der Waals surface area contributed by atoms with Gasteiger partial charge in [-0.1, -0.05) is 44.0 Å². The number of methoxy groups -OCH3 is 1. The molecular formula is C27H33N3O6S. The van der Waals surface area contributed by atoms with Crippen LogP contribution in [0.3, 0.4) is 0 Å². The third-order valence-electron chi connectivity index (χ3n) is 7.04. The Bertz CT molecular complexity index is 1260. The number of carbonyl (C=O) groups excluding carboxylic acids is 3. The van der Waals surface area contributed by atoms with Gasteiger partial charge in [-0.3, -0.25) is 14.4 Å². The number of nitrogens with one attached hydrogen (secondary N) is 1. The van der Waals surface area contributed by atoms with Gasteiger partial charge in [-0.2, -0.15) is 0 Å². The average molecular weight is 528 g/mol. The van der Waals surface area contributed by atoms with Gasteiger partial charge < -0.3 is 15.0 Å². The molecule has 10 heteroatoms. The standard InChI is InChI=1S/C27H33N3O6S/c1-3-23(26(32)28-20-8-4-5-9-20)29(18-19-12-14-21(36-2)15-13-19)25(31)16-17-30-27(33)22-10-6-7-11-24(22)37(30,34)35/h6-7,10-15,20,23H,3-5,8-9,16-18H2,1-2H3,(H,28,32)/t23-/m1/s1. The summed E-state index contributed by atoms with van der Waals surface area (Å²) in [7, 11) is -2.45. The number of hydrogen-bond acceptors (Lipinski definition) is 6. The summed E-state index contributed by atoms with van der Waals surface area (Å²) in [5.41, 5.74) is 0.908. The molecule has 0 bridgehead atoms. The van der Waals surface area contributed by atoms with Gasteiger partial charge in [0, 0.05) is 25.6 Å². The molecule has 37 heavy (non-hydrogen) atoms. The molecule has 198 valence electrons. The Hall–Kier alpha value is -3.40. The van der Waals surface area contributed by atoms with Crippen molar-refractivity contribution in [3.05, 3.63) is 59.7 Å². The van der Waals surface area contributed by atoms with Crippen LogP contribution in [0.25, 0.3) is 0 Å². The van der Waals surface area contributed by atoms with E-state index in [2.05, 4.69) is 5.32 Å². The van der Waals surface area contributed by atoms with Crippen LogP contribution in [-0.4, -0.2) is 61.1 Å². The quantitative estimate of drug-likeness (QED) is 0.508. The van der Waals surface area contributed by atoms with Crippen molar-refractivity contribution in [1.82, 2.24) is 14.5 Å². The second kappa shape index (κ2) is 11.3. The van der Waals surface area contributed by atoms with E-state index in [1.807, 2.05) is 19.1 Å². The van der Waals surface area contributed by atoms with Crippen LogP contribution in [0.2, 0.25) is 0 Å². The smallest absolute Gasteiger partial charge is 0.269 e. The Morgan fingerprint density at radius 2 is 1.78 bits per heavy atom. The van der Waals surface area contributed by atoms with Gasteiger partial charge in [-0.15, -0.1) is 0 Å². The lowest BCUT2D eigenvalue weighted by Gasteiger charge is -2.32. The van der Waals surface area contributed by atoms with E-state index in [-0.39, 0.29) is 41.9 Å². The molecule has 3 amide bonds. The van der Waals surface area contributed by atoms with E-state index in [0.29, 0.717) is 12.2 Å². The summed E-state index contributed by atoms with van der Waals surface area (Å²) < 4.78 is 31.8. The molecular weight excluding hydrogens is 494 g/mol. The summed E-state index contributed by atoms with van der Waals surface area (Å²) in [6.45, 7) is 1.72. The highest BCUT2D eigenvalue weighted by Crippen LogP contribution is 2.30. The lowest BCUT2D eigenvalue weighted by Crippen LogP contribution is -2.51. The largest absolute Gasteiger partial charge is 0.497 e. The van der Waals surface area contributed by atoms with E-state index in [1.54, 1.807) is 31.4 Å². The summed E-state index contributed by atoms with van der Waals surface area (Å²) in [4.78, 5) is 41.0. The first-order valence-corrected chi connectivity index (χ1v) is 14.1. The number of nitrogens with zero attached hydrogens (tertiary/aromatic N) is 2. The Balaban J connectivity index is 1.53. The lowest BCUT2D eigenvalue weighted by atomic mass is 10.1. The van der Waals surface area contributed by atoms with Crippen molar-refractivity contribution in [1.29, 1.82) is 0 Å². The zero-order valence-electron chi connectivity index (χ0n) is 21.2. The van der Waals surface area contributed by atoms with Crippen LogP contribution in [0.15, 0.2) is 53.4 Å². The number of amides is 3. The highest BCUT2D eigenvalue weighted by molar-refractivity contribution is 7.90. The highest BCUT2D eigenvalue weighted by atomic mass is 32.2. The molecule has 0 saturated heterocycles. The molecule has 1 fully saturated rings. The number of carbonyl (C=O) groups is 3. The van der Waals surface area contributed by atoms with Crippen LogP contribution in [-0.2, 0) is 26.2 Å². The second-order valence-electron chi connectivity index (χ2n) is 9.41. The summed E-state index contributed by atoms with van der Waals surface area (Å²) in [5, 5.41) is 3.09. The molecule has 0 spiro atoms. The summed E-state index contributed by atoms with van der Waals surface area (Å²) in [6.07, 6.45) is 4.14. The number of rotatable bonds is 10. The molecule has 1 saturated carbocycles. The lowest BCUT2D eigenvalue weighted by molar-refractivity contribution is -0.141. The van der Waals surface area contributed by atoms with Gasteiger partial charge in [0.25, 0.3) is 15.9 Å². The number of hydrogen-bond donors (Lipinski definition) is 1. The Morgan fingerprint density at radius 3 is 2.41 bits per heavy atom. The summed E-state index contributed by atoms with van der Waals surface area (Å²) >= 11 is 0. The van der Waals surface area contributed by atoms with E-state index in [1.165, 1.54) is 17.0 Å². The molecule has 4 rings (SSSR count). The maximum Gasteiger partial charge on any atom is 0.269 e. The Morgan fingerprint density at radius 1 is 1.11 bits per heavy atom. The molecule has 1 atom stereocenters. The Labute approximate surface area is 217 Å². The number of fused-ring (bicyclic) bond motifs is 1. The van der Waals surface area contributed by atoms with Crippen LogP contribution >= 0.6 is 0 Å². The van der Waals surface area contributed by atoms with Crippen LogP contribution in [0.1, 0.15) is 61.4 Å². The van der Waals surface area contributed by atoms with Crippen molar-refractivity contribution >= 4 is 27.7 Å². The molecule has 1 heterocycles. The fourth-order valence-corrected chi connectivity index (χ4v) is 6.58. The molecule has 0 aromatic heterocycles. The first-order valence-electron chi connectivity index (χ1n) is 12.6. The van der Waals surface area contributed by atoms with Crippen molar-refractivity contribution in [2.45, 2.75) is 69.0 Å². The normalized spacial score (nSPS) is 17.4. The number of benzene rings is 2. The van der Waals surface area contributed by atoms with E-state index in [4.69, 9.17) is 4.74 Å². The molecule has 0 unspecified atom stereocenters. The third kappa shape index (κ3) is 5.64. The molecule has 1 aliphatic carbocycles. The fourth-order valence-electron chi connectivity index (χ4n) is 5.01. The zero-order chi connectivity index (χ0) is 26.6. The molecule has 2 aromatic carbocycles. The van der Waals surface area contributed by atoms with Crippen molar-refractivity contribution in [2.24, 2.45) is 0 Å². The van der Waals surface area contributed by atoms with Crippen LogP contribution < -0.4 is 10.1 Å². The minimum atomic E-state index is -4.02. The fraction of sp³-hybridized carbons (Fsp3) is 0.444. The van der Waals surface area contributed by atoms with Crippen LogP contribution in [0.5, 0.6) is 5.75 Å². The predicted molar refractivity (Wildman–Crippen MR) is 137 cm³/mol. The summed E-state index contributed by atoms with van der Waals surface area (Å²) in [6, 6.07) is 12.6. The van der Waals surface area contributed by atoms with E-state index in [0.717, 1.165) is 35.6 Å². The first-order chi connectivity index (χ1) is 17.8. The molecule has 2 aromatic rings. The zero-order valence-corrected chi connectivity index (χ0v) is 22.0. The molecule has 0 radical (unpaired) electrons. The van der Waals surface area contributed by atoms with Crippen LogP contribution in [0, 0.1) is 0 Å². The van der Waals surface area contributed by atoms with E-state index < -0.39 is 27.9 Å². The highest BCUT2D eigenvalue weighted by Gasteiger charge is 2.41. The van der Waals surface area contributed by atoms with Crippen molar-refractivity contribution in [2.75, 3.05) is 13.7 Å². The number of sulfonamides is 1. The molecule has 2 aliphatic rings. The van der Waals surface area contributed by atoms with E-state index >= 15 is 0 Å². The SMILES string of the molecule is CC[C@H](C(=O)NC1CCCC1)N(Cc1ccc(OC)cc1)C(=O)CCN1C(=O)c2ccccc2S1(=O)=O. The van der Waals surface area contributed by atoms with Gasteiger partial charge in [0.1, 0.15) is 16.7 Å². The van der Waals surface area contributed by atoms with Crippen molar-refractivity contribution in [3.8, 4) is 5.75 Å². The minimum absolute atomic E-state index is 0.0510. The van der Waals surface area contributed by atoms with Gasteiger partial charge in [-0.05, 0) is 49.1 Å². The van der Waals surface area contributed by atoms with Gasteiger partial charge in [0.2, 0.25) is 11.8 Å². The van der Waals surface area contributed by atoms with E-state index in [9.17, 15) is 22.8 Å². The maximum absolute atomic E-state index is 13.5. The van der Waals surface area contributed by atoms with Gasteiger partial charge in [0.15, 0.2) is 0 Å². The van der Waals surface area contributed by atoms with Gasteiger partial charge in [0.05, 0.1) is 12.7 Å². The molecule has 1 N–H and O–H groups in total. The number of ether oxygens (including phenoxy) is 1. The minimum Gasteiger partial charge on any atom is -0.497 e. The third-order valence-corrected chi connectivity index (χ3v) is 8.88. The Kier molecular flexibility index (Phi) is 8.16. The van der Waals surface area contributed by atoms with Gasteiger partial charge >= 0.3 is 0 Å². The van der Waals surface area contributed by atoms with Crippen LogP contribution in [0.4, 0.5) is 0 Å². The molecule has 9 nitrogen and oxygen atoms in total. The summed E-state index contributed by atoms with van der Waals surface area (Å²) in [5.74, 6) is -0.585. The van der Waals surface area contributed by atoms with Crippen molar-refractivity contribution in [3.63, 3.8) is 0 Å². The van der Waals surface area contributed by atoms with Crippen molar-refractivity contribution < 1.29 is 27.5 Å². The van der Waals surface area contributed by atoms with Gasteiger partial charge in [-0.25, -0.2) is 12.7 Å². The second-order valence-corrected chi connectivity index (χ2v) is 11.2. The molecule has 1 aliphatic heterocycles. The maximum atomic E-state index is 13.5. The first kappa shape index (κ1) is 26.7. The predicted octanol–water partition coefficient (Wildman–Crippen LogP) is 3.10. The monoisotopic (exact) mass is 527 g/mol.